The van der Waals surface area contributed by atoms with Gasteiger partial charge in [0.25, 0.3) is 0 Å². The summed E-state index contributed by atoms with van der Waals surface area (Å²) in [5.41, 5.74) is 1.55. The van der Waals surface area contributed by atoms with Crippen LogP contribution in [-0.2, 0) is 9.59 Å². The molecule has 0 atom stereocenters. The quantitative estimate of drug-likeness (QED) is 0.488. The molecule has 0 saturated carbocycles. The van der Waals surface area contributed by atoms with Crippen LogP contribution in [0.15, 0.2) is 18.2 Å². The fourth-order valence-corrected chi connectivity index (χ4v) is 1.93. The lowest BCUT2D eigenvalue weighted by atomic mass is 10.2. The van der Waals surface area contributed by atoms with Crippen LogP contribution in [0.25, 0.3) is 0 Å². The Bertz CT molecular complexity index is 437. The Labute approximate surface area is 118 Å². The summed E-state index contributed by atoms with van der Waals surface area (Å²) in [5.74, 6) is -1.08. The van der Waals surface area contributed by atoms with Crippen LogP contribution in [0.5, 0.6) is 0 Å². The van der Waals surface area contributed by atoms with E-state index in [9.17, 15) is 9.59 Å². The van der Waals surface area contributed by atoms with Gasteiger partial charge in [0.05, 0.1) is 0 Å². The average molecular weight is 367 g/mol. The van der Waals surface area contributed by atoms with Crippen molar-refractivity contribution in [3.63, 3.8) is 0 Å². The van der Waals surface area contributed by atoms with Crippen LogP contribution in [0.3, 0.4) is 0 Å². The van der Waals surface area contributed by atoms with Gasteiger partial charge >= 0.3 is 11.8 Å². The van der Waals surface area contributed by atoms with Gasteiger partial charge in [-0.15, -0.1) is 11.6 Å². The molecule has 0 aliphatic rings. The minimum Gasteiger partial charge on any atom is -0.347 e. The maximum Gasteiger partial charge on any atom is 0.313 e. The van der Waals surface area contributed by atoms with Gasteiger partial charge in [-0.05, 0) is 53.3 Å². The largest absolute Gasteiger partial charge is 0.347 e. The highest BCUT2D eigenvalue weighted by Gasteiger charge is 2.13. The minimum atomic E-state index is -0.681. The van der Waals surface area contributed by atoms with Crippen LogP contribution >= 0.6 is 34.2 Å². The molecule has 0 aromatic heterocycles. The molecular formula is C11H12ClIN2O2. The van der Waals surface area contributed by atoms with E-state index in [2.05, 4.69) is 33.2 Å². The Hall–Kier alpha value is -0.820. The molecular weight excluding hydrogens is 354 g/mol. The monoisotopic (exact) mass is 366 g/mol. The first-order valence-electron chi connectivity index (χ1n) is 4.96. The van der Waals surface area contributed by atoms with Gasteiger partial charge in [-0.2, -0.15) is 0 Å². The van der Waals surface area contributed by atoms with Gasteiger partial charge in [-0.3, -0.25) is 9.59 Å². The maximum absolute atomic E-state index is 11.5. The molecule has 1 aromatic carbocycles. The molecule has 0 aliphatic heterocycles. The number of rotatable bonds is 3. The standard InChI is InChI=1S/C11H12ClIN2O2/c1-7-6-8(13)2-3-9(7)15-11(17)10(16)14-5-4-12/h2-3,6H,4-5H2,1H3,(H,14,16)(H,15,17). The predicted molar refractivity (Wildman–Crippen MR) is 76.3 cm³/mol. The van der Waals surface area contributed by atoms with E-state index in [1.807, 2.05) is 19.1 Å². The van der Waals surface area contributed by atoms with E-state index in [0.29, 0.717) is 5.69 Å². The highest BCUT2D eigenvalue weighted by molar-refractivity contribution is 14.1. The van der Waals surface area contributed by atoms with E-state index < -0.39 is 11.8 Å². The van der Waals surface area contributed by atoms with Crippen LogP contribution < -0.4 is 10.6 Å². The van der Waals surface area contributed by atoms with Crippen LogP contribution in [-0.4, -0.2) is 24.2 Å². The Morgan fingerprint density at radius 3 is 2.65 bits per heavy atom. The van der Waals surface area contributed by atoms with E-state index in [0.717, 1.165) is 9.13 Å². The summed E-state index contributed by atoms with van der Waals surface area (Å²) in [6.07, 6.45) is 0. The van der Waals surface area contributed by atoms with Crippen molar-refractivity contribution in [2.24, 2.45) is 0 Å². The van der Waals surface area contributed by atoms with Crippen molar-refractivity contribution in [2.45, 2.75) is 6.92 Å². The zero-order chi connectivity index (χ0) is 12.8. The Kier molecular flexibility index (Phi) is 5.70. The van der Waals surface area contributed by atoms with Gasteiger partial charge < -0.3 is 10.6 Å². The summed E-state index contributed by atoms with van der Waals surface area (Å²) in [4.78, 5) is 22.8. The fourth-order valence-electron chi connectivity index (χ4n) is 1.19. The van der Waals surface area contributed by atoms with E-state index >= 15 is 0 Å². The first-order chi connectivity index (χ1) is 8.04. The molecule has 0 unspecified atom stereocenters. The SMILES string of the molecule is Cc1cc(I)ccc1NC(=O)C(=O)NCCCl. The number of halogens is 2. The topological polar surface area (TPSA) is 58.2 Å². The van der Waals surface area contributed by atoms with Gasteiger partial charge in [0.2, 0.25) is 0 Å². The van der Waals surface area contributed by atoms with Crippen molar-refractivity contribution in [1.29, 1.82) is 0 Å². The number of aryl methyl sites for hydroxylation is 1. The highest BCUT2D eigenvalue weighted by atomic mass is 127. The zero-order valence-electron chi connectivity index (χ0n) is 9.22. The van der Waals surface area contributed by atoms with Gasteiger partial charge in [0.15, 0.2) is 0 Å². The summed E-state index contributed by atoms with van der Waals surface area (Å²) in [6, 6.07) is 5.55. The third-order valence-electron chi connectivity index (χ3n) is 2.02. The molecule has 1 aromatic rings. The first-order valence-corrected chi connectivity index (χ1v) is 6.57. The summed E-state index contributed by atoms with van der Waals surface area (Å²) < 4.78 is 1.07. The van der Waals surface area contributed by atoms with E-state index in [1.54, 1.807) is 6.07 Å². The normalized spacial score (nSPS) is 9.82. The number of nitrogens with one attached hydrogen (secondary N) is 2. The number of anilines is 1. The molecule has 2 N–H and O–H groups in total. The summed E-state index contributed by atoms with van der Waals surface area (Å²) in [5, 5.41) is 4.95. The van der Waals surface area contributed by atoms with Crippen LogP contribution in [0.4, 0.5) is 5.69 Å². The van der Waals surface area contributed by atoms with E-state index in [-0.39, 0.29) is 12.4 Å². The average Bonchev–Trinajstić information content (AvgIpc) is 2.29. The molecule has 0 saturated heterocycles. The molecule has 0 heterocycles. The molecule has 0 aliphatic carbocycles. The van der Waals surface area contributed by atoms with Crippen molar-refractivity contribution in [3.8, 4) is 0 Å². The van der Waals surface area contributed by atoms with Crippen molar-refractivity contribution in [3.05, 3.63) is 27.3 Å². The molecule has 0 spiro atoms. The molecule has 1 rings (SSSR count). The molecule has 0 fully saturated rings. The van der Waals surface area contributed by atoms with Gasteiger partial charge in [-0.25, -0.2) is 0 Å². The van der Waals surface area contributed by atoms with Crippen LogP contribution in [0.2, 0.25) is 0 Å². The number of carbonyl (C=O) groups is 2. The third-order valence-corrected chi connectivity index (χ3v) is 2.88. The lowest BCUT2D eigenvalue weighted by Gasteiger charge is -2.08. The maximum atomic E-state index is 11.5. The molecule has 6 heteroatoms. The number of alkyl halides is 1. The van der Waals surface area contributed by atoms with Gasteiger partial charge in [-0.1, -0.05) is 0 Å². The van der Waals surface area contributed by atoms with Crippen LogP contribution in [0.1, 0.15) is 5.56 Å². The molecule has 2 amide bonds. The predicted octanol–water partition coefficient (Wildman–Crippen LogP) is 1.89. The number of carbonyl (C=O) groups excluding carboxylic acids is 2. The van der Waals surface area contributed by atoms with E-state index in [4.69, 9.17) is 11.6 Å². The third kappa shape index (κ3) is 4.51. The lowest BCUT2D eigenvalue weighted by Crippen LogP contribution is -2.36. The second kappa shape index (κ2) is 6.80. The zero-order valence-corrected chi connectivity index (χ0v) is 12.1. The Balaban J connectivity index is 2.64. The number of amides is 2. The second-order valence-corrected chi connectivity index (χ2v) is 4.98. The van der Waals surface area contributed by atoms with Crippen LogP contribution in [0, 0.1) is 10.5 Å². The molecule has 0 radical (unpaired) electrons. The summed E-state index contributed by atoms with van der Waals surface area (Å²) >= 11 is 7.59. The molecule has 92 valence electrons. The summed E-state index contributed by atoms with van der Waals surface area (Å²) in [7, 11) is 0. The van der Waals surface area contributed by atoms with Crippen molar-refractivity contribution in [2.75, 3.05) is 17.7 Å². The molecule has 0 bridgehead atoms. The highest BCUT2D eigenvalue weighted by Crippen LogP contribution is 2.17. The lowest BCUT2D eigenvalue weighted by molar-refractivity contribution is -0.136. The Morgan fingerprint density at radius 1 is 1.35 bits per heavy atom. The first kappa shape index (κ1) is 14.2. The van der Waals surface area contributed by atoms with Crippen molar-refractivity contribution < 1.29 is 9.59 Å². The number of hydrogen-bond acceptors (Lipinski definition) is 2. The van der Waals surface area contributed by atoms with Gasteiger partial charge in [0, 0.05) is 21.7 Å². The molecule has 4 nitrogen and oxygen atoms in total. The number of benzene rings is 1. The minimum absolute atomic E-state index is 0.277. The second-order valence-electron chi connectivity index (χ2n) is 3.36. The molecule has 17 heavy (non-hydrogen) atoms. The smallest absolute Gasteiger partial charge is 0.313 e. The van der Waals surface area contributed by atoms with Gasteiger partial charge in [0.1, 0.15) is 0 Å². The fraction of sp³-hybridized carbons (Fsp3) is 0.273. The van der Waals surface area contributed by atoms with E-state index in [1.165, 1.54) is 0 Å². The van der Waals surface area contributed by atoms with Crippen molar-refractivity contribution >= 4 is 51.7 Å². The Morgan fingerprint density at radius 2 is 2.06 bits per heavy atom. The number of hydrogen-bond donors (Lipinski definition) is 2. The van der Waals surface area contributed by atoms with Crippen molar-refractivity contribution in [1.82, 2.24) is 5.32 Å². The summed E-state index contributed by atoms with van der Waals surface area (Å²) in [6.45, 7) is 2.15.